The maximum atomic E-state index is 2.51. The largest absolute Gasteiger partial charge is 0.309 e. The van der Waals surface area contributed by atoms with Crippen LogP contribution >= 0.6 is 0 Å². The van der Waals surface area contributed by atoms with Gasteiger partial charge in [-0.05, 0) is 114 Å². The van der Waals surface area contributed by atoms with Gasteiger partial charge in [0.15, 0.2) is 0 Å². The average Bonchev–Trinajstić information content (AvgIpc) is 3.93. The topological polar surface area (TPSA) is 14.8 Å². The predicted octanol–water partition coefficient (Wildman–Crippen LogP) is 14.2. The first-order chi connectivity index (χ1) is 28.3. The third kappa shape index (κ3) is 4.85. The van der Waals surface area contributed by atoms with Crippen LogP contribution in [-0.4, -0.2) is 13.7 Å². The highest BCUT2D eigenvalue weighted by Crippen LogP contribution is 2.43. The number of allylic oxidation sites excluding steroid dienone is 5. The predicted molar refractivity (Wildman–Crippen MR) is 241 cm³/mol. The third-order valence-electron chi connectivity index (χ3n) is 12.3. The van der Waals surface area contributed by atoms with Crippen molar-refractivity contribution >= 4 is 66.2 Å². The molecule has 10 aromatic rings. The van der Waals surface area contributed by atoms with Crippen molar-refractivity contribution in [3.05, 3.63) is 199 Å². The van der Waals surface area contributed by atoms with Crippen LogP contribution in [0.15, 0.2) is 182 Å². The summed E-state index contributed by atoms with van der Waals surface area (Å²) in [4.78, 5) is 0. The fourth-order valence-electron chi connectivity index (χ4n) is 9.87. The summed E-state index contributed by atoms with van der Waals surface area (Å²) in [5, 5.41) is 6.35. The zero-order chi connectivity index (χ0) is 37.5. The first kappa shape index (κ1) is 32.2. The van der Waals surface area contributed by atoms with Crippen LogP contribution < -0.4 is 0 Å². The van der Waals surface area contributed by atoms with Crippen LogP contribution in [-0.2, 0) is 6.42 Å². The van der Waals surface area contributed by atoms with E-state index in [1.807, 2.05) is 0 Å². The van der Waals surface area contributed by atoms with Crippen molar-refractivity contribution in [1.82, 2.24) is 13.7 Å². The molecule has 3 nitrogen and oxygen atoms in total. The van der Waals surface area contributed by atoms with Crippen molar-refractivity contribution < 1.29 is 0 Å². The van der Waals surface area contributed by atoms with Crippen LogP contribution in [0.1, 0.15) is 36.1 Å². The number of hydrogen-bond donors (Lipinski definition) is 0. The summed E-state index contributed by atoms with van der Waals surface area (Å²) in [6.45, 7) is 0. The van der Waals surface area contributed by atoms with Crippen molar-refractivity contribution in [1.29, 1.82) is 0 Å². The van der Waals surface area contributed by atoms with E-state index in [-0.39, 0.29) is 0 Å². The van der Waals surface area contributed by atoms with Crippen LogP contribution in [0.4, 0.5) is 0 Å². The van der Waals surface area contributed by atoms with Gasteiger partial charge in [0, 0.05) is 38.3 Å². The number of nitrogens with zero attached hydrogens (tertiary/aromatic N) is 3. The molecule has 270 valence electrons. The van der Waals surface area contributed by atoms with E-state index in [9.17, 15) is 0 Å². The minimum atomic E-state index is 1.06. The summed E-state index contributed by atoms with van der Waals surface area (Å²) in [7, 11) is 0. The van der Waals surface area contributed by atoms with Gasteiger partial charge in [0.05, 0.1) is 39.0 Å². The van der Waals surface area contributed by atoms with Gasteiger partial charge in [-0.3, -0.25) is 0 Å². The van der Waals surface area contributed by atoms with Crippen molar-refractivity contribution in [2.24, 2.45) is 0 Å². The molecule has 12 rings (SSSR count). The summed E-state index contributed by atoms with van der Waals surface area (Å²) in [5.74, 6) is 0. The Bertz CT molecular complexity index is 3360. The van der Waals surface area contributed by atoms with E-state index in [0.29, 0.717) is 0 Å². The molecule has 3 heterocycles. The molecule has 3 heteroatoms. The second kappa shape index (κ2) is 12.7. The van der Waals surface area contributed by atoms with E-state index < -0.39 is 0 Å². The standard InChI is InChI=1S/C54H39N3/c1-2-16-36(17-3-1)37-18-12-19-38(34-37)39-20-13-21-40(35-39)55-46-27-8-6-24-43(46)44-26-14-33-52(54(44)55)57-49-30-11-7-25-45(49)53-50(31-15-32-51(53)57)56-47-28-9-4-22-41(47)42-23-5-10-29-48(42)56/h2,4,6-22,24-35H,1,3,5,23H2. The lowest BCUT2D eigenvalue weighted by Gasteiger charge is -2.16. The van der Waals surface area contributed by atoms with Gasteiger partial charge >= 0.3 is 0 Å². The molecule has 0 spiro atoms. The molecule has 0 saturated carbocycles. The zero-order valence-electron chi connectivity index (χ0n) is 31.6. The molecule has 0 atom stereocenters. The molecule has 0 bridgehead atoms. The molecule has 3 aromatic heterocycles. The molecular weight excluding hydrogens is 691 g/mol. The maximum absolute atomic E-state index is 2.51. The molecule has 7 aromatic carbocycles. The molecule has 57 heavy (non-hydrogen) atoms. The van der Waals surface area contributed by atoms with Crippen molar-refractivity contribution in [3.8, 4) is 28.2 Å². The molecule has 0 saturated heterocycles. The Labute approximate surface area is 331 Å². The van der Waals surface area contributed by atoms with Gasteiger partial charge in [-0.15, -0.1) is 0 Å². The summed E-state index contributed by atoms with van der Waals surface area (Å²) in [6, 6.07) is 58.6. The number of aryl methyl sites for hydroxylation is 1. The quantitative estimate of drug-likeness (QED) is 0.168. The first-order valence-corrected chi connectivity index (χ1v) is 20.2. The third-order valence-corrected chi connectivity index (χ3v) is 12.3. The lowest BCUT2D eigenvalue weighted by atomic mass is 9.96. The number of rotatable bonds is 5. The minimum absolute atomic E-state index is 1.06. The molecule has 0 radical (unpaired) electrons. The highest BCUT2D eigenvalue weighted by atomic mass is 15.1. The Morgan fingerprint density at radius 2 is 1.04 bits per heavy atom. The maximum Gasteiger partial charge on any atom is 0.0782 e. The normalized spacial score (nSPS) is 14.0. The lowest BCUT2D eigenvalue weighted by Crippen LogP contribution is -2.02. The van der Waals surface area contributed by atoms with Gasteiger partial charge in [0.2, 0.25) is 0 Å². The Morgan fingerprint density at radius 3 is 1.88 bits per heavy atom. The molecule has 0 amide bonds. The van der Waals surface area contributed by atoms with E-state index in [1.54, 1.807) is 0 Å². The van der Waals surface area contributed by atoms with Gasteiger partial charge in [-0.25, -0.2) is 0 Å². The minimum Gasteiger partial charge on any atom is -0.309 e. The summed E-state index contributed by atoms with van der Waals surface area (Å²) < 4.78 is 7.52. The van der Waals surface area contributed by atoms with Gasteiger partial charge < -0.3 is 13.7 Å². The van der Waals surface area contributed by atoms with Gasteiger partial charge in [-0.1, -0.05) is 127 Å². The van der Waals surface area contributed by atoms with Crippen LogP contribution in [0.5, 0.6) is 0 Å². The number of hydrogen-bond acceptors (Lipinski definition) is 0. The van der Waals surface area contributed by atoms with Crippen molar-refractivity contribution in [2.75, 3.05) is 0 Å². The number of para-hydroxylation sites is 4. The Morgan fingerprint density at radius 1 is 0.404 bits per heavy atom. The van der Waals surface area contributed by atoms with Crippen LogP contribution in [0.25, 0.3) is 94.4 Å². The molecule has 0 unspecified atom stereocenters. The first-order valence-electron chi connectivity index (χ1n) is 20.2. The van der Waals surface area contributed by atoms with E-state index in [1.165, 1.54) is 93.7 Å². The number of benzene rings is 7. The lowest BCUT2D eigenvalue weighted by molar-refractivity contribution is 0.970. The van der Waals surface area contributed by atoms with Crippen LogP contribution in [0.3, 0.4) is 0 Å². The van der Waals surface area contributed by atoms with E-state index >= 15 is 0 Å². The zero-order valence-corrected chi connectivity index (χ0v) is 31.6. The fourth-order valence-corrected chi connectivity index (χ4v) is 9.87. The summed E-state index contributed by atoms with van der Waals surface area (Å²) in [6.07, 6.45) is 15.9. The second-order valence-corrected chi connectivity index (χ2v) is 15.5. The monoisotopic (exact) mass is 729 g/mol. The van der Waals surface area contributed by atoms with E-state index in [0.717, 1.165) is 37.1 Å². The Balaban J connectivity index is 1.12. The molecule has 0 fully saturated rings. The summed E-state index contributed by atoms with van der Waals surface area (Å²) in [5.41, 5.74) is 17.3. The highest BCUT2D eigenvalue weighted by molar-refractivity contribution is 6.17. The average molecular weight is 730 g/mol. The van der Waals surface area contributed by atoms with Crippen molar-refractivity contribution in [3.63, 3.8) is 0 Å². The molecule has 0 aliphatic heterocycles. The van der Waals surface area contributed by atoms with E-state index in [2.05, 4.69) is 202 Å². The summed E-state index contributed by atoms with van der Waals surface area (Å²) >= 11 is 0. The number of aromatic nitrogens is 3. The molecule has 2 aliphatic rings. The number of fused-ring (bicyclic) bond motifs is 9. The van der Waals surface area contributed by atoms with Crippen molar-refractivity contribution in [2.45, 2.75) is 25.7 Å². The SMILES string of the molecule is C1=CC(c2cccc(-c3cccc(-n4c5ccccc5c5cccc(-n6c7ccccc7c7c(-n8c9c(c%10ccccc%108)CCC=C9)cccc76)c54)c3)c2)=CCC1. The van der Waals surface area contributed by atoms with Crippen LogP contribution in [0.2, 0.25) is 0 Å². The Hall–Kier alpha value is -7.10. The highest BCUT2D eigenvalue weighted by Gasteiger charge is 2.24. The molecule has 2 aliphatic carbocycles. The van der Waals surface area contributed by atoms with E-state index in [4.69, 9.17) is 0 Å². The van der Waals surface area contributed by atoms with Gasteiger partial charge in [-0.2, -0.15) is 0 Å². The molecule has 0 N–H and O–H groups in total. The molecular formula is C54H39N3. The fraction of sp³-hybridized carbons (Fsp3) is 0.0741. The van der Waals surface area contributed by atoms with Gasteiger partial charge in [0.25, 0.3) is 0 Å². The van der Waals surface area contributed by atoms with Crippen LogP contribution in [0, 0.1) is 0 Å². The Kier molecular flexibility index (Phi) is 7.18. The van der Waals surface area contributed by atoms with Gasteiger partial charge in [0.1, 0.15) is 0 Å². The second-order valence-electron chi connectivity index (χ2n) is 15.5. The smallest absolute Gasteiger partial charge is 0.0782 e.